The largest absolute Gasteiger partial charge is 0.428 e. The molecule has 130 valence electrons. The predicted octanol–water partition coefficient (Wildman–Crippen LogP) is 2.27. The molecule has 5 nitrogen and oxygen atoms in total. The molecule has 0 aliphatic heterocycles. The van der Waals surface area contributed by atoms with Crippen LogP contribution in [0.2, 0.25) is 38.8 Å². The van der Waals surface area contributed by atoms with Crippen LogP contribution < -0.4 is 0 Å². The van der Waals surface area contributed by atoms with Crippen LogP contribution in [0, 0.1) is 0 Å². The Hall–Kier alpha value is -0.476. The fraction of sp³-hybridized carbons (Fsp3) is 0.800. The highest BCUT2D eigenvalue weighted by Crippen LogP contribution is 2.31. The van der Waals surface area contributed by atoms with E-state index in [1.54, 1.807) is 6.92 Å². The summed E-state index contributed by atoms with van der Waals surface area (Å²) in [4.78, 5) is 12.0. The zero-order valence-electron chi connectivity index (χ0n) is 14.8. The monoisotopic (exact) mass is 348 g/mol. The summed E-state index contributed by atoms with van der Waals surface area (Å²) >= 11 is 0. The van der Waals surface area contributed by atoms with Gasteiger partial charge in [0, 0.05) is 20.8 Å². The van der Waals surface area contributed by atoms with Crippen molar-refractivity contribution in [1.29, 1.82) is 0 Å². The van der Waals surface area contributed by atoms with Gasteiger partial charge >= 0.3 is 5.97 Å². The SMILES string of the molecule is C=C(C)C(=O)OC(CCC[SiH](C)C)(O[Si](C)(C)C)C(O)CO. The summed E-state index contributed by atoms with van der Waals surface area (Å²) in [6, 6.07) is 1.06. The number of aliphatic hydroxyl groups excluding tert-OH is 2. The third kappa shape index (κ3) is 7.69. The van der Waals surface area contributed by atoms with Gasteiger partial charge in [0.1, 0.15) is 6.10 Å². The maximum Gasteiger partial charge on any atom is 0.335 e. The molecule has 22 heavy (non-hydrogen) atoms. The summed E-state index contributed by atoms with van der Waals surface area (Å²) in [5.74, 6) is -2.09. The van der Waals surface area contributed by atoms with Crippen LogP contribution in [-0.4, -0.2) is 51.8 Å². The minimum absolute atomic E-state index is 0.243. The van der Waals surface area contributed by atoms with Crippen LogP contribution in [0.5, 0.6) is 0 Å². The topological polar surface area (TPSA) is 76.0 Å². The Balaban J connectivity index is 5.40. The van der Waals surface area contributed by atoms with E-state index in [1.807, 2.05) is 19.6 Å². The first-order valence-electron chi connectivity index (χ1n) is 7.81. The lowest BCUT2D eigenvalue weighted by atomic mass is 10.0. The van der Waals surface area contributed by atoms with Crippen LogP contribution in [0.3, 0.4) is 0 Å². The van der Waals surface area contributed by atoms with Gasteiger partial charge in [0.05, 0.1) is 6.61 Å². The summed E-state index contributed by atoms with van der Waals surface area (Å²) in [6.07, 6.45) is -0.102. The van der Waals surface area contributed by atoms with Crippen molar-refractivity contribution in [3.05, 3.63) is 12.2 Å². The molecule has 0 aliphatic rings. The van der Waals surface area contributed by atoms with Crippen molar-refractivity contribution in [3.63, 3.8) is 0 Å². The highest BCUT2D eigenvalue weighted by molar-refractivity contribution is 6.69. The first-order valence-corrected chi connectivity index (χ1v) is 14.3. The molecule has 0 saturated heterocycles. The highest BCUT2D eigenvalue weighted by atomic mass is 28.4. The Kier molecular flexibility index (Phi) is 8.78. The molecule has 0 spiro atoms. The average Bonchev–Trinajstić information content (AvgIpc) is 2.34. The minimum atomic E-state index is -2.12. The van der Waals surface area contributed by atoms with Gasteiger partial charge in [-0.05, 0) is 33.0 Å². The molecule has 0 aliphatic carbocycles. The van der Waals surface area contributed by atoms with Crippen LogP contribution in [-0.2, 0) is 14.0 Å². The van der Waals surface area contributed by atoms with Crippen molar-refractivity contribution < 1.29 is 24.2 Å². The summed E-state index contributed by atoms with van der Waals surface area (Å²) in [6.45, 7) is 14.9. The maximum absolute atomic E-state index is 12.0. The standard InChI is InChI=1S/C15H32O5Si2/c1-12(2)14(18)19-15(13(17)11-16,20-22(5,6)7)9-8-10-21(3)4/h13,16-17,21H,1,8-11H2,2-7H3. The van der Waals surface area contributed by atoms with Gasteiger partial charge < -0.3 is 19.4 Å². The van der Waals surface area contributed by atoms with E-state index in [2.05, 4.69) is 19.7 Å². The van der Waals surface area contributed by atoms with Crippen molar-refractivity contribution in [2.45, 2.75) is 70.4 Å². The fourth-order valence-corrected chi connectivity index (χ4v) is 4.42. The van der Waals surface area contributed by atoms with E-state index < -0.39 is 41.6 Å². The Morgan fingerprint density at radius 3 is 2.27 bits per heavy atom. The van der Waals surface area contributed by atoms with Gasteiger partial charge in [0.2, 0.25) is 5.79 Å². The molecule has 0 aromatic carbocycles. The number of ether oxygens (including phenoxy) is 1. The van der Waals surface area contributed by atoms with Crippen LogP contribution in [0.25, 0.3) is 0 Å². The van der Waals surface area contributed by atoms with E-state index in [1.165, 1.54) is 0 Å². The molecule has 0 amide bonds. The fourth-order valence-electron chi connectivity index (χ4n) is 2.08. The molecule has 0 radical (unpaired) electrons. The predicted molar refractivity (Wildman–Crippen MR) is 94.1 cm³/mol. The number of hydrogen-bond acceptors (Lipinski definition) is 5. The third-order valence-electron chi connectivity index (χ3n) is 3.08. The summed E-state index contributed by atoms with van der Waals surface area (Å²) in [5.41, 5.74) is 0.243. The Bertz CT molecular complexity index is 379. The second-order valence-electron chi connectivity index (χ2n) is 7.18. The minimum Gasteiger partial charge on any atom is -0.428 e. The second-order valence-corrected chi connectivity index (χ2v) is 15.0. The molecule has 2 unspecified atom stereocenters. The lowest BCUT2D eigenvalue weighted by molar-refractivity contribution is -0.243. The van der Waals surface area contributed by atoms with Crippen molar-refractivity contribution in [1.82, 2.24) is 0 Å². The molecule has 0 fully saturated rings. The molecular formula is C15H32O5Si2. The van der Waals surface area contributed by atoms with Gasteiger partial charge in [0.25, 0.3) is 0 Å². The van der Waals surface area contributed by atoms with Gasteiger partial charge in [-0.25, -0.2) is 4.79 Å². The molecule has 0 heterocycles. The molecule has 2 atom stereocenters. The average molecular weight is 349 g/mol. The van der Waals surface area contributed by atoms with Gasteiger partial charge in [-0.1, -0.05) is 25.7 Å². The number of aliphatic hydroxyl groups is 2. The van der Waals surface area contributed by atoms with Crippen molar-refractivity contribution in [3.8, 4) is 0 Å². The number of rotatable bonds is 10. The number of carbonyl (C=O) groups is 1. The zero-order chi connectivity index (χ0) is 17.6. The van der Waals surface area contributed by atoms with Crippen molar-refractivity contribution in [2.75, 3.05) is 6.61 Å². The molecular weight excluding hydrogens is 316 g/mol. The van der Waals surface area contributed by atoms with E-state index in [0.717, 1.165) is 12.5 Å². The first kappa shape index (κ1) is 21.5. The van der Waals surface area contributed by atoms with Gasteiger partial charge in [-0.2, -0.15) is 0 Å². The lowest BCUT2D eigenvalue weighted by Gasteiger charge is -2.41. The van der Waals surface area contributed by atoms with Crippen molar-refractivity contribution >= 4 is 23.1 Å². The smallest absolute Gasteiger partial charge is 0.335 e. The molecule has 2 N–H and O–H groups in total. The summed E-state index contributed by atoms with van der Waals surface area (Å²) in [7, 11) is -2.87. The van der Waals surface area contributed by atoms with E-state index in [4.69, 9.17) is 9.16 Å². The molecule has 0 aromatic rings. The molecule has 0 rings (SSSR count). The van der Waals surface area contributed by atoms with Crippen LogP contribution >= 0.6 is 0 Å². The molecule has 0 bridgehead atoms. The number of carbonyl (C=O) groups excluding carboxylic acids is 1. The molecule has 7 heteroatoms. The van der Waals surface area contributed by atoms with E-state index >= 15 is 0 Å². The van der Waals surface area contributed by atoms with E-state index in [0.29, 0.717) is 6.42 Å². The Labute approximate surface area is 137 Å². The number of hydrogen-bond donors (Lipinski definition) is 2. The van der Waals surface area contributed by atoms with Gasteiger partial charge in [-0.15, -0.1) is 0 Å². The van der Waals surface area contributed by atoms with Crippen LogP contribution in [0.1, 0.15) is 19.8 Å². The van der Waals surface area contributed by atoms with E-state index in [9.17, 15) is 15.0 Å². The maximum atomic E-state index is 12.0. The summed E-state index contributed by atoms with van der Waals surface area (Å²) < 4.78 is 11.5. The van der Waals surface area contributed by atoms with Crippen LogP contribution in [0.4, 0.5) is 0 Å². The van der Waals surface area contributed by atoms with Crippen molar-refractivity contribution in [2.24, 2.45) is 0 Å². The van der Waals surface area contributed by atoms with Gasteiger partial charge in [0.15, 0.2) is 8.32 Å². The molecule has 0 aromatic heterocycles. The zero-order valence-corrected chi connectivity index (χ0v) is 17.0. The summed E-state index contributed by atoms with van der Waals surface area (Å²) in [5, 5.41) is 19.7. The molecule has 0 saturated carbocycles. The number of esters is 1. The van der Waals surface area contributed by atoms with Gasteiger partial charge in [-0.3, -0.25) is 0 Å². The first-order chi connectivity index (χ1) is 9.93. The normalized spacial score (nSPS) is 16.2. The second kappa shape index (κ2) is 8.98. The van der Waals surface area contributed by atoms with E-state index in [-0.39, 0.29) is 5.57 Å². The quantitative estimate of drug-likeness (QED) is 0.274. The Morgan fingerprint density at radius 1 is 1.36 bits per heavy atom. The Morgan fingerprint density at radius 2 is 1.91 bits per heavy atom. The third-order valence-corrected chi connectivity index (χ3v) is 5.60. The van der Waals surface area contributed by atoms with Crippen LogP contribution in [0.15, 0.2) is 12.2 Å². The lowest BCUT2D eigenvalue weighted by Crippen LogP contribution is -2.55. The highest BCUT2D eigenvalue weighted by Gasteiger charge is 2.45.